The minimum atomic E-state index is -2.89. The van der Waals surface area contributed by atoms with Crippen molar-refractivity contribution in [1.29, 1.82) is 0 Å². The highest BCUT2D eigenvalue weighted by Crippen LogP contribution is 2.55. The van der Waals surface area contributed by atoms with Crippen molar-refractivity contribution >= 4 is 20.3 Å². The van der Waals surface area contributed by atoms with Crippen LogP contribution in [0.15, 0.2) is 95.9 Å². The summed E-state index contributed by atoms with van der Waals surface area (Å²) in [7, 11) is -2.89. The number of thioether (sulfide) groups is 1. The molecule has 0 amide bonds. The van der Waals surface area contributed by atoms with Crippen LogP contribution in [-0.4, -0.2) is 45.0 Å². The lowest BCUT2D eigenvalue weighted by Crippen LogP contribution is -2.63. The summed E-state index contributed by atoms with van der Waals surface area (Å²) in [6, 6.07) is 31.0. The molecule has 0 spiro atoms. The molecule has 5 atom stereocenters. The van der Waals surface area contributed by atoms with Gasteiger partial charge in [-0.05, 0) is 23.3 Å². The summed E-state index contributed by atoms with van der Waals surface area (Å²) in [5.41, 5.74) is 1.93. The molecule has 3 aromatic carbocycles. The van der Waals surface area contributed by atoms with Crippen molar-refractivity contribution in [3.8, 4) is 0 Å². The van der Waals surface area contributed by atoms with Gasteiger partial charge in [0.05, 0.1) is 19.8 Å². The highest BCUT2D eigenvalue weighted by atomic mass is 32.2. The Kier molecular flexibility index (Phi) is 9.46. The Bertz CT molecular complexity index is 1210. The first kappa shape index (κ1) is 30.5. The molecule has 7 heteroatoms. The van der Waals surface area contributed by atoms with Gasteiger partial charge in [-0.3, -0.25) is 0 Å². The average molecular weight is 593 g/mol. The molecule has 0 aliphatic carbocycles. The molecule has 0 aromatic heterocycles. The third-order valence-corrected chi connectivity index (χ3v) is 14.2. The Hall–Kier alpha value is -1.97. The van der Waals surface area contributed by atoms with Gasteiger partial charge in [0.1, 0.15) is 29.9 Å². The first-order valence-corrected chi connectivity index (χ1v) is 17.3. The van der Waals surface area contributed by atoms with E-state index in [0.717, 1.165) is 16.0 Å². The number of rotatable bonds is 8. The Morgan fingerprint density at radius 3 is 1.71 bits per heavy atom. The van der Waals surface area contributed by atoms with Crippen LogP contribution in [0.25, 0.3) is 0 Å². The molecular weight excluding hydrogens is 549 g/mol. The SMILES string of the molecule is CC(C)(C)[Si]1(C(C)(C)C)OCC2O[C@@H](Sc3ccccc3)C(OCc3ccccc3)C(O1)[C@H]2OCc1ccccc1. The van der Waals surface area contributed by atoms with E-state index in [0.29, 0.717) is 19.8 Å². The van der Waals surface area contributed by atoms with Gasteiger partial charge in [0.25, 0.3) is 0 Å². The Balaban J connectivity index is 1.54. The van der Waals surface area contributed by atoms with Gasteiger partial charge in [-0.25, -0.2) is 0 Å². The first-order valence-electron chi connectivity index (χ1n) is 14.6. The molecule has 3 aromatic rings. The van der Waals surface area contributed by atoms with Crippen molar-refractivity contribution in [2.45, 2.75) is 99.6 Å². The van der Waals surface area contributed by atoms with E-state index in [2.05, 4.69) is 90.1 Å². The Labute approximate surface area is 251 Å². The van der Waals surface area contributed by atoms with Crippen molar-refractivity contribution in [1.82, 2.24) is 0 Å². The fraction of sp³-hybridized carbons (Fsp3) is 0.471. The smallest absolute Gasteiger partial charge is 0.349 e. The van der Waals surface area contributed by atoms with E-state index in [4.69, 9.17) is 23.1 Å². The van der Waals surface area contributed by atoms with Gasteiger partial charge < -0.3 is 23.1 Å². The van der Waals surface area contributed by atoms with E-state index in [1.807, 2.05) is 42.5 Å². The minimum Gasteiger partial charge on any atom is -0.391 e. The van der Waals surface area contributed by atoms with E-state index in [9.17, 15) is 0 Å². The molecule has 5 nitrogen and oxygen atoms in total. The molecule has 2 aliphatic rings. The quantitative estimate of drug-likeness (QED) is 0.246. The lowest BCUT2D eigenvalue weighted by Gasteiger charge is -2.51. The first-order chi connectivity index (χ1) is 19.6. The number of hydrogen-bond donors (Lipinski definition) is 0. The summed E-state index contributed by atoms with van der Waals surface area (Å²) >= 11 is 1.68. The zero-order valence-electron chi connectivity index (χ0n) is 25.1. The molecule has 0 N–H and O–H groups in total. The maximum absolute atomic E-state index is 7.44. The van der Waals surface area contributed by atoms with Crippen LogP contribution in [0.2, 0.25) is 10.1 Å². The second-order valence-corrected chi connectivity index (χ2v) is 18.9. The summed E-state index contributed by atoms with van der Waals surface area (Å²) in [6.07, 6.45) is -1.38. The van der Waals surface area contributed by atoms with Gasteiger partial charge in [-0.15, -0.1) is 0 Å². The average Bonchev–Trinajstić information content (AvgIpc) is 3.07. The molecule has 2 saturated heterocycles. The molecule has 41 heavy (non-hydrogen) atoms. The van der Waals surface area contributed by atoms with Crippen molar-refractivity contribution in [3.05, 3.63) is 102 Å². The van der Waals surface area contributed by atoms with Crippen LogP contribution in [0, 0.1) is 0 Å². The lowest BCUT2D eigenvalue weighted by atomic mass is 9.99. The summed E-state index contributed by atoms with van der Waals surface area (Å²) in [6.45, 7) is 14.8. The highest BCUT2D eigenvalue weighted by Gasteiger charge is 2.64. The number of fused-ring (bicyclic) bond motifs is 2. The molecule has 2 fully saturated rings. The van der Waals surface area contributed by atoms with Gasteiger partial charge >= 0.3 is 8.56 Å². The number of ether oxygens (including phenoxy) is 3. The summed E-state index contributed by atoms with van der Waals surface area (Å²) in [5, 5.41) is -0.391. The Morgan fingerprint density at radius 1 is 0.707 bits per heavy atom. The van der Waals surface area contributed by atoms with Crippen LogP contribution >= 0.6 is 11.8 Å². The van der Waals surface area contributed by atoms with E-state index in [1.165, 1.54) is 0 Å². The van der Waals surface area contributed by atoms with Gasteiger partial charge in [-0.2, -0.15) is 0 Å². The largest absolute Gasteiger partial charge is 0.391 e. The second-order valence-electron chi connectivity index (χ2n) is 13.0. The minimum absolute atomic E-state index is 0.196. The predicted octanol–water partition coefficient (Wildman–Crippen LogP) is 8.13. The third kappa shape index (κ3) is 6.83. The fourth-order valence-corrected chi connectivity index (χ4v) is 12.2. The molecule has 0 radical (unpaired) electrons. The van der Waals surface area contributed by atoms with Crippen molar-refractivity contribution < 1.29 is 23.1 Å². The number of hydrogen-bond acceptors (Lipinski definition) is 6. The molecule has 2 bridgehead atoms. The van der Waals surface area contributed by atoms with E-state index >= 15 is 0 Å². The number of benzene rings is 3. The summed E-state index contributed by atoms with van der Waals surface area (Å²) in [5.74, 6) is 0. The zero-order chi connectivity index (χ0) is 29.1. The normalized spacial score (nSPS) is 26.3. The van der Waals surface area contributed by atoms with E-state index in [-0.39, 0.29) is 39.9 Å². The van der Waals surface area contributed by atoms with E-state index in [1.54, 1.807) is 11.8 Å². The molecule has 3 unspecified atom stereocenters. The van der Waals surface area contributed by atoms with Crippen LogP contribution in [0.3, 0.4) is 0 Å². The Morgan fingerprint density at radius 2 is 1.20 bits per heavy atom. The lowest BCUT2D eigenvalue weighted by molar-refractivity contribution is -0.221. The maximum Gasteiger partial charge on any atom is 0.349 e. The standard InChI is InChI=1S/C34H44O5SSi/c1-33(2,3)41(34(4,5)6)37-24-28-29(35-22-25-16-10-7-11-17-25)30(39-41)31(36-23-26-18-12-8-13-19-26)32(38-28)40-27-20-14-9-15-21-27/h7-21,28-32H,22-24H2,1-6H3/t28?,29-,30?,31?,32-/m0/s1. The van der Waals surface area contributed by atoms with Gasteiger partial charge in [0, 0.05) is 15.0 Å². The van der Waals surface area contributed by atoms with Gasteiger partial charge in [0.2, 0.25) is 0 Å². The monoisotopic (exact) mass is 592 g/mol. The topological polar surface area (TPSA) is 46.2 Å². The molecule has 5 rings (SSSR count). The van der Waals surface area contributed by atoms with E-state index < -0.39 is 8.56 Å². The van der Waals surface area contributed by atoms with Crippen LogP contribution in [0.1, 0.15) is 52.7 Å². The van der Waals surface area contributed by atoms with Crippen molar-refractivity contribution in [3.63, 3.8) is 0 Å². The molecule has 2 aliphatic heterocycles. The molecule has 2 heterocycles. The predicted molar refractivity (Wildman–Crippen MR) is 167 cm³/mol. The van der Waals surface area contributed by atoms with Crippen molar-refractivity contribution in [2.24, 2.45) is 0 Å². The zero-order valence-corrected chi connectivity index (χ0v) is 26.9. The fourth-order valence-electron chi connectivity index (χ4n) is 6.12. The second kappa shape index (κ2) is 12.7. The summed E-state index contributed by atoms with van der Waals surface area (Å²) < 4.78 is 34.8. The van der Waals surface area contributed by atoms with Crippen LogP contribution < -0.4 is 0 Å². The third-order valence-electron chi connectivity index (χ3n) is 7.88. The van der Waals surface area contributed by atoms with Crippen LogP contribution in [-0.2, 0) is 36.3 Å². The summed E-state index contributed by atoms with van der Waals surface area (Å²) in [4.78, 5) is 1.13. The van der Waals surface area contributed by atoms with Crippen LogP contribution in [0.4, 0.5) is 0 Å². The van der Waals surface area contributed by atoms with Crippen molar-refractivity contribution in [2.75, 3.05) is 6.61 Å². The van der Waals surface area contributed by atoms with Gasteiger partial charge in [-0.1, -0.05) is 132 Å². The highest BCUT2D eigenvalue weighted by molar-refractivity contribution is 7.99. The van der Waals surface area contributed by atoms with Gasteiger partial charge in [0.15, 0.2) is 0 Å². The molecular formula is C34H44O5SSi. The molecule has 220 valence electrons. The maximum atomic E-state index is 7.44. The molecule has 0 saturated carbocycles. The van der Waals surface area contributed by atoms with Crippen LogP contribution in [0.5, 0.6) is 0 Å².